The van der Waals surface area contributed by atoms with Gasteiger partial charge in [-0.05, 0) is 24.3 Å². The lowest BCUT2D eigenvalue weighted by Gasteiger charge is -2.17. The van der Waals surface area contributed by atoms with Gasteiger partial charge in [0.15, 0.2) is 0 Å². The third-order valence-electron chi connectivity index (χ3n) is 3.13. The summed E-state index contributed by atoms with van der Waals surface area (Å²) in [5.74, 6) is 0.296. The average Bonchev–Trinajstić information content (AvgIpc) is 2.47. The Kier molecular flexibility index (Phi) is 5.36. The SMILES string of the molecule is CN(CCO)c1ccc(NCc2c(F)cccc2Cl)nc1. The van der Waals surface area contributed by atoms with Gasteiger partial charge in [0.05, 0.1) is 18.5 Å². The van der Waals surface area contributed by atoms with Crippen molar-refractivity contribution in [2.45, 2.75) is 6.54 Å². The zero-order chi connectivity index (χ0) is 15.2. The third kappa shape index (κ3) is 4.06. The monoisotopic (exact) mass is 309 g/mol. The van der Waals surface area contributed by atoms with Crippen molar-refractivity contribution in [2.24, 2.45) is 0 Å². The van der Waals surface area contributed by atoms with Crippen LogP contribution in [0, 0.1) is 5.82 Å². The van der Waals surface area contributed by atoms with Crippen LogP contribution >= 0.6 is 11.6 Å². The van der Waals surface area contributed by atoms with Gasteiger partial charge in [-0.3, -0.25) is 0 Å². The predicted octanol–water partition coefficient (Wildman–Crippen LogP) is 2.91. The zero-order valence-corrected chi connectivity index (χ0v) is 12.4. The molecule has 1 aromatic carbocycles. The van der Waals surface area contributed by atoms with E-state index >= 15 is 0 Å². The molecule has 0 aliphatic carbocycles. The largest absolute Gasteiger partial charge is 0.395 e. The highest BCUT2D eigenvalue weighted by Crippen LogP contribution is 2.20. The number of nitrogens with one attached hydrogen (secondary N) is 1. The molecule has 0 amide bonds. The molecule has 0 unspecified atom stereocenters. The quantitative estimate of drug-likeness (QED) is 0.861. The van der Waals surface area contributed by atoms with Crippen LogP contribution in [0.3, 0.4) is 0 Å². The van der Waals surface area contributed by atoms with Crippen LogP contribution in [-0.4, -0.2) is 30.3 Å². The van der Waals surface area contributed by atoms with Gasteiger partial charge in [0.25, 0.3) is 0 Å². The van der Waals surface area contributed by atoms with Gasteiger partial charge in [-0.1, -0.05) is 17.7 Å². The van der Waals surface area contributed by atoms with Gasteiger partial charge in [0, 0.05) is 30.7 Å². The van der Waals surface area contributed by atoms with Crippen molar-refractivity contribution in [2.75, 3.05) is 30.4 Å². The summed E-state index contributed by atoms with van der Waals surface area (Å²) in [5.41, 5.74) is 1.32. The lowest BCUT2D eigenvalue weighted by atomic mass is 10.2. The molecule has 21 heavy (non-hydrogen) atoms. The number of likely N-dealkylation sites (N-methyl/N-ethyl adjacent to an activating group) is 1. The molecule has 0 atom stereocenters. The maximum atomic E-state index is 13.6. The van der Waals surface area contributed by atoms with Gasteiger partial charge >= 0.3 is 0 Å². The molecule has 2 rings (SSSR count). The summed E-state index contributed by atoms with van der Waals surface area (Å²) in [4.78, 5) is 6.15. The Morgan fingerprint density at radius 3 is 2.76 bits per heavy atom. The molecule has 1 heterocycles. The van der Waals surface area contributed by atoms with E-state index < -0.39 is 0 Å². The van der Waals surface area contributed by atoms with Gasteiger partial charge in [-0.2, -0.15) is 0 Å². The fraction of sp³-hybridized carbons (Fsp3) is 0.267. The summed E-state index contributed by atoms with van der Waals surface area (Å²) in [5, 5.41) is 12.3. The van der Waals surface area contributed by atoms with Crippen LogP contribution in [0.4, 0.5) is 15.9 Å². The van der Waals surface area contributed by atoms with Crippen molar-refractivity contribution < 1.29 is 9.50 Å². The van der Waals surface area contributed by atoms with Crippen LogP contribution in [-0.2, 0) is 6.54 Å². The molecule has 0 saturated carbocycles. The fourth-order valence-corrected chi connectivity index (χ4v) is 2.11. The van der Waals surface area contributed by atoms with Crippen molar-refractivity contribution in [1.29, 1.82) is 0 Å². The van der Waals surface area contributed by atoms with Crippen molar-refractivity contribution in [3.05, 3.63) is 52.9 Å². The Hall–Kier alpha value is -1.85. The minimum atomic E-state index is -0.339. The summed E-state index contributed by atoms with van der Waals surface area (Å²) in [6.07, 6.45) is 1.70. The fourth-order valence-electron chi connectivity index (χ4n) is 1.88. The maximum Gasteiger partial charge on any atom is 0.129 e. The second-order valence-electron chi connectivity index (χ2n) is 4.60. The molecule has 0 fully saturated rings. The summed E-state index contributed by atoms with van der Waals surface area (Å²) in [6, 6.07) is 8.29. The van der Waals surface area contributed by atoms with E-state index in [0.29, 0.717) is 22.9 Å². The highest BCUT2D eigenvalue weighted by Gasteiger charge is 2.07. The Balaban J connectivity index is 2.01. The number of nitrogens with zero attached hydrogens (tertiary/aromatic N) is 2. The minimum Gasteiger partial charge on any atom is -0.395 e. The van der Waals surface area contributed by atoms with E-state index in [1.807, 2.05) is 18.0 Å². The topological polar surface area (TPSA) is 48.4 Å². The highest BCUT2D eigenvalue weighted by atomic mass is 35.5. The first-order chi connectivity index (χ1) is 10.1. The number of aliphatic hydroxyl groups excluding tert-OH is 1. The van der Waals surface area contributed by atoms with Gasteiger partial charge in [-0.25, -0.2) is 9.37 Å². The first-order valence-corrected chi connectivity index (χ1v) is 6.94. The van der Waals surface area contributed by atoms with Crippen LogP contribution in [0.1, 0.15) is 5.56 Å². The Morgan fingerprint density at radius 2 is 2.14 bits per heavy atom. The van der Waals surface area contributed by atoms with Crippen LogP contribution in [0.25, 0.3) is 0 Å². The van der Waals surface area contributed by atoms with E-state index in [2.05, 4.69) is 10.3 Å². The van der Waals surface area contributed by atoms with Gasteiger partial charge in [-0.15, -0.1) is 0 Å². The van der Waals surface area contributed by atoms with Crippen molar-refractivity contribution in [1.82, 2.24) is 4.98 Å². The molecule has 0 radical (unpaired) electrons. The average molecular weight is 310 g/mol. The van der Waals surface area contributed by atoms with Gasteiger partial charge < -0.3 is 15.3 Å². The normalized spacial score (nSPS) is 10.5. The minimum absolute atomic E-state index is 0.0856. The van der Waals surface area contributed by atoms with E-state index in [-0.39, 0.29) is 19.0 Å². The molecular formula is C15H17ClFN3O. The molecule has 112 valence electrons. The van der Waals surface area contributed by atoms with Crippen molar-refractivity contribution in [3.8, 4) is 0 Å². The van der Waals surface area contributed by atoms with Crippen LogP contribution in [0.2, 0.25) is 5.02 Å². The Bertz CT molecular complexity index is 572. The Morgan fingerprint density at radius 1 is 1.33 bits per heavy atom. The molecule has 0 aliphatic rings. The zero-order valence-electron chi connectivity index (χ0n) is 11.7. The maximum absolute atomic E-state index is 13.6. The molecule has 1 aromatic heterocycles. The van der Waals surface area contributed by atoms with E-state index in [1.165, 1.54) is 6.07 Å². The first kappa shape index (κ1) is 15.5. The van der Waals surface area contributed by atoms with Gasteiger partial charge in [0.1, 0.15) is 11.6 Å². The number of rotatable bonds is 6. The molecule has 0 bridgehead atoms. The molecule has 2 aromatic rings. The predicted molar refractivity (Wildman–Crippen MR) is 83.3 cm³/mol. The number of pyridine rings is 1. The molecule has 6 heteroatoms. The number of aliphatic hydroxyl groups is 1. The third-order valence-corrected chi connectivity index (χ3v) is 3.49. The molecule has 0 spiro atoms. The molecule has 0 saturated heterocycles. The second-order valence-corrected chi connectivity index (χ2v) is 5.01. The number of benzene rings is 1. The van der Waals surface area contributed by atoms with E-state index in [1.54, 1.807) is 24.4 Å². The number of hydrogen-bond acceptors (Lipinski definition) is 4. The second kappa shape index (κ2) is 7.24. The van der Waals surface area contributed by atoms with Gasteiger partial charge in [0.2, 0.25) is 0 Å². The van der Waals surface area contributed by atoms with E-state index in [4.69, 9.17) is 16.7 Å². The standard InChI is InChI=1S/C15H17ClFN3O/c1-20(7-8-21)11-5-6-15(18-9-11)19-10-12-13(16)3-2-4-14(12)17/h2-6,9,21H,7-8,10H2,1H3,(H,18,19). The first-order valence-electron chi connectivity index (χ1n) is 6.56. The number of halogens is 2. The number of aromatic nitrogens is 1. The smallest absolute Gasteiger partial charge is 0.129 e. The lowest BCUT2D eigenvalue weighted by molar-refractivity contribution is 0.304. The van der Waals surface area contributed by atoms with Crippen LogP contribution in [0.15, 0.2) is 36.5 Å². The van der Waals surface area contributed by atoms with Crippen molar-refractivity contribution in [3.63, 3.8) is 0 Å². The highest BCUT2D eigenvalue weighted by molar-refractivity contribution is 6.31. The molecular weight excluding hydrogens is 293 g/mol. The van der Waals surface area contributed by atoms with Crippen LogP contribution in [0.5, 0.6) is 0 Å². The molecule has 0 aliphatic heterocycles. The summed E-state index contributed by atoms with van der Waals surface area (Å²) in [7, 11) is 1.87. The molecule has 4 nitrogen and oxygen atoms in total. The van der Waals surface area contributed by atoms with Crippen molar-refractivity contribution >= 4 is 23.1 Å². The summed E-state index contributed by atoms with van der Waals surface area (Å²) in [6.45, 7) is 0.895. The number of hydrogen-bond donors (Lipinski definition) is 2. The number of anilines is 2. The van der Waals surface area contributed by atoms with Crippen LogP contribution < -0.4 is 10.2 Å². The Labute approximate surface area is 128 Å². The summed E-state index contributed by atoms with van der Waals surface area (Å²) < 4.78 is 13.6. The van der Waals surface area contributed by atoms with E-state index in [9.17, 15) is 4.39 Å². The lowest BCUT2D eigenvalue weighted by Crippen LogP contribution is -2.21. The summed E-state index contributed by atoms with van der Waals surface area (Å²) >= 11 is 5.97. The molecule has 2 N–H and O–H groups in total. The van der Waals surface area contributed by atoms with E-state index in [0.717, 1.165) is 5.69 Å².